The first-order valence-electron chi connectivity index (χ1n) is 10.9. The third kappa shape index (κ3) is 4.01. The average Bonchev–Trinajstić information content (AvgIpc) is 3.07. The second-order valence-corrected chi connectivity index (χ2v) is 8.63. The number of pyridine rings is 2. The van der Waals surface area contributed by atoms with Crippen LogP contribution in [0.2, 0.25) is 0 Å². The summed E-state index contributed by atoms with van der Waals surface area (Å²) in [5.74, 6) is -0.401. The molecule has 1 aliphatic rings. The molecule has 0 aliphatic carbocycles. The number of piperidine rings is 1. The Morgan fingerprint density at radius 2 is 2.12 bits per heavy atom. The van der Waals surface area contributed by atoms with E-state index in [2.05, 4.69) is 27.1 Å². The van der Waals surface area contributed by atoms with Crippen molar-refractivity contribution in [3.63, 3.8) is 0 Å². The topological polar surface area (TPSA) is 144 Å². The van der Waals surface area contributed by atoms with E-state index in [1.54, 1.807) is 18.6 Å². The highest BCUT2D eigenvalue weighted by Crippen LogP contribution is 2.34. The molecule has 32 heavy (non-hydrogen) atoms. The predicted molar refractivity (Wildman–Crippen MR) is 125 cm³/mol. The largest absolute Gasteiger partial charge is 0.438 e. The second-order valence-electron chi connectivity index (χ2n) is 8.63. The molecule has 9 heteroatoms. The number of carbonyl (C=O) groups is 1. The minimum absolute atomic E-state index is 0.00940. The number of hydrogen-bond donors (Lipinski definition) is 4. The molecule has 0 radical (unpaired) electrons. The Hall–Kier alpha value is -3.17. The lowest BCUT2D eigenvalue weighted by molar-refractivity contribution is 0.0785. The normalized spacial score (nSPS) is 21.2. The van der Waals surface area contributed by atoms with Crippen LogP contribution >= 0.6 is 0 Å². The number of aliphatic hydroxyl groups is 1. The molecule has 3 aromatic heterocycles. The Bertz CT molecular complexity index is 1130. The quantitative estimate of drug-likeness (QED) is 0.476. The first kappa shape index (κ1) is 22.0. The Morgan fingerprint density at radius 1 is 1.34 bits per heavy atom. The number of nitrogens with two attached hydrogens (primary N) is 2. The van der Waals surface area contributed by atoms with Crippen LogP contribution in [0.25, 0.3) is 11.1 Å². The van der Waals surface area contributed by atoms with Crippen LogP contribution in [0, 0.1) is 12.8 Å². The molecule has 1 amide bonds. The molecule has 9 nitrogen and oxygen atoms in total. The third-order valence-corrected chi connectivity index (χ3v) is 6.00. The molecule has 4 rings (SSSR count). The van der Waals surface area contributed by atoms with Crippen molar-refractivity contribution in [3.05, 3.63) is 41.3 Å². The van der Waals surface area contributed by atoms with E-state index in [9.17, 15) is 9.90 Å². The van der Waals surface area contributed by atoms with Crippen LogP contribution in [0.1, 0.15) is 41.8 Å². The van der Waals surface area contributed by atoms with E-state index in [4.69, 9.17) is 15.9 Å². The van der Waals surface area contributed by atoms with Crippen molar-refractivity contribution in [2.24, 2.45) is 11.7 Å². The van der Waals surface area contributed by atoms with Gasteiger partial charge in [0, 0.05) is 37.4 Å². The van der Waals surface area contributed by atoms with Crippen LogP contribution in [-0.4, -0.2) is 46.2 Å². The van der Waals surface area contributed by atoms with Gasteiger partial charge in [-0.1, -0.05) is 20.3 Å². The van der Waals surface area contributed by atoms with Gasteiger partial charge in [-0.3, -0.25) is 14.8 Å². The maximum absolute atomic E-state index is 13.2. The molecule has 6 N–H and O–H groups in total. The number of aliphatic hydroxyl groups excluding tert-OH is 1. The van der Waals surface area contributed by atoms with Gasteiger partial charge in [-0.05, 0) is 30.5 Å². The molecule has 4 heterocycles. The number of amides is 1. The SMILES string of the molecule is CCCc1cnc2c(C(=O)Nc3cncc(C)c3N3C[C@@H](N)[C@H](O)[C@@H](C)C3)c(N)oc2c1. The van der Waals surface area contributed by atoms with Crippen molar-refractivity contribution in [2.75, 3.05) is 29.0 Å². The number of nitrogens with one attached hydrogen (secondary N) is 1. The van der Waals surface area contributed by atoms with Gasteiger partial charge in [0.2, 0.25) is 5.88 Å². The fourth-order valence-electron chi connectivity index (χ4n) is 4.43. The lowest BCUT2D eigenvalue weighted by Crippen LogP contribution is -2.55. The van der Waals surface area contributed by atoms with E-state index >= 15 is 0 Å². The predicted octanol–water partition coefficient (Wildman–Crippen LogP) is 2.46. The highest BCUT2D eigenvalue weighted by atomic mass is 16.3. The van der Waals surface area contributed by atoms with Gasteiger partial charge in [-0.15, -0.1) is 0 Å². The number of nitrogens with zero attached hydrogens (tertiary/aromatic N) is 3. The highest BCUT2D eigenvalue weighted by Gasteiger charge is 2.33. The van der Waals surface area contributed by atoms with Crippen LogP contribution in [0.3, 0.4) is 0 Å². The number of carbonyl (C=O) groups excluding carboxylic acids is 1. The summed E-state index contributed by atoms with van der Waals surface area (Å²) in [6.07, 6.45) is 6.38. The standard InChI is InChI=1S/C23H30N6O3/c1-4-5-14-6-17-19(27-8-14)18(22(25)32-17)23(31)28-16-9-26-7-12(2)20(16)29-10-13(3)21(30)15(24)11-29/h6-9,13,15,21,30H,4-5,10-11,24-25H2,1-3H3,(H,28,31)/t13-,15+,21+/m0/s1. The molecule has 1 fully saturated rings. The van der Waals surface area contributed by atoms with Crippen molar-refractivity contribution in [2.45, 2.75) is 45.8 Å². The maximum atomic E-state index is 13.2. The molecule has 1 saturated heterocycles. The zero-order valence-electron chi connectivity index (χ0n) is 18.6. The molecule has 0 spiro atoms. The Morgan fingerprint density at radius 3 is 2.84 bits per heavy atom. The number of hydrogen-bond acceptors (Lipinski definition) is 8. The minimum Gasteiger partial charge on any atom is -0.438 e. The number of rotatable bonds is 5. The van der Waals surface area contributed by atoms with Crippen LogP contribution < -0.4 is 21.7 Å². The van der Waals surface area contributed by atoms with Crippen LogP contribution in [0.5, 0.6) is 0 Å². The summed E-state index contributed by atoms with van der Waals surface area (Å²) < 4.78 is 5.64. The molecular weight excluding hydrogens is 408 g/mol. The minimum atomic E-state index is -0.563. The summed E-state index contributed by atoms with van der Waals surface area (Å²) in [6.45, 7) is 7.06. The number of aryl methyl sites for hydroxylation is 2. The van der Waals surface area contributed by atoms with Gasteiger partial charge in [-0.2, -0.15) is 0 Å². The van der Waals surface area contributed by atoms with Gasteiger partial charge in [0.15, 0.2) is 5.58 Å². The zero-order valence-corrected chi connectivity index (χ0v) is 18.6. The summed E-state index contributed by atoms with van der Waals surface area (Å²) in [5.41, 5.74) is 16.6. The van der Waals surface area contributed by atoms with Crippen molar-refractivity contribution in [1.29, 1.82) is 0 Å². The van der Waals surface area contributed by atoms with Crippen molar-refractivity contribution in [3.8, 4) is 0 Å². The van der Waals surface area contributed by atoms with Crippen LogP contribution in [0.4, 0.5) is 17.3 Å². The lowest BCUT2D eigenvalue weighted by Gasteiger charge is -2.41. The molecule has 3 atom stereocenters. The molecule has 0 aromatic carbocycles. The van der Waals surface area contributed by atoms with Crippen molar-refractivity contribution < 1.29 is 14.3 Å². The highest BCUT2D eigenvalue weighted by molar-refractivity contribution is 6.15. The summed E-state index contributed by atoms with van der Waals surface area (Å²) >= 11 is 0. The number of aromatic nitrogens is 2. The van der Waals surface area contributed by atoms with E-state index in [0.717, 1.165) is 29.7 Å². The van der Waals surface area contributed by atoms with Gasteiger partial charge in [0.1, 0.15) is 11.1 Å². The van der Waals surface area contributed by atoms with E-state index in [1.807, 2.05) is 19.9 Å². The summed E-state index contributed by atoms with van der Waals surface area (Å²) in [6, 6.07) is 1.49. The fourth-order valence-corrected chi connectivity index (χ4v) is 4.43. The summed E-state index contributed by atoms with van der Waals surface area (Å²) in [4.78, 5) is 24.0. The molecule has 1 aliphatic heterocycles. The van der Waals surface area contributed by atoms with Gasteiger partial charge >= 0.3 is 0 Å². The van der Waals surface area contributed by atoms with Crippen LogP contribution in [0.15, 0.2) is 29.1 Å². The lowest BCUT2D eigenvalue weighted by atomic mass is 9.92. The first-order chi connectivity index (χ1) is 15.3. The van der Waals surface area contributed by atoms with E-state index in [0.29, 0.717) is 29.9 Å². The third-order valence-electron chi connectivity index (χ3n) is 6.00. The monoisotopic (exact) mass is 438 g/mol. The Balaban J connectivity index is 1.66. The fraction of sp³-hybridized carbons (Fsp3) is 0.435. The summed E-state index contributed by atoms with van der Waals surface area (Å²) in [5, 5.41) is 13.2. The van der Waals surface area contributed by atoms with Gasteiger partial charge < -0.3 is 31.2 Å². The van der Waals surface area contributed by atoms with Gasteiger partial charge in [-0.25, -0.2) is 0 Å². The van der Waals surface area contributed by atoms with Crippen LogP contribution in [-0.2, 0) is 6.42 Å². The van der Waals surface area contributed by atoms with E-state index in [-0.39, 0.29) is 23.4 Å². The smallest absolute Gasteiger partial charge is 0.263 e. The number of nitrogen functional groups attached to an aromatic ring is 1. The zero-order chi connectivity index (χ0) is 23.0. The Kier molecular flexibility index (Phi) is 6.03. The number of furan rings is 1. The first-order valence-corrected chi connectivity index (χ1v) is 10.9. The molecule has 170 valence electrons. The molecule has 3 aromatic rings. The maximum Gasteiger partial charge on any atom is 0.263 e. The molecule has 0 unspecified atom stereocenters. The Labute approximate surface area is 186 Å². The van der Waals surface area contributed by atoms with Crippen molar-refractivity contribution >= 4 is 34.3 Å². The average molecular weight is 439 g/mol. The molecule has 0 saturated carbocycles. The van der Waals surface area contributed by atoms with Gasteiger partial charge in [0.05, 0.1) is 23.7 Å². The van der Waals surface area contributed by atoms with E-state index < -0.39 is 12.0 Å². The molecule has 0 bridgehead atoms. The number of fused-ring (bicyclic) bond motifs is 1. The molecular formula is C23H30N6O3. The van der Waals surface area contributed by atoms with E-state index in [1.165, 1.54) is 0 Å². The number of anilines is 3. The summed E-state index contributed by atoms with van der Waals surface area (Å²) in [7, 11) is 0. The second kappa shape index (κ2) is 8.76. The van der Waals surface area contributed by atoms with Gasteiger partial charge in [0.25, 0.3) is 5.91 Å². The van der Waals surface area contributed by atoms with Crippen molar-refractivity contribution in [1.82, 2.24) is 9.97 Å².